The minimum atomic E-state index is 0.579. The van der Waals surface area contributed by atoms with Gasteiger partial charge in [0.15, 0.2) is 17.5 Å². The van der Waals surface area contributed by atoms with Gasteiger partial charge in [0.05, 0.1) is 0 Å². The van der Waals surface area contributed by atoms with Crippen molar-refractivity contribution in [1.29, 1.82) is 0 Å². The predicted octanol–water partition coefficient (Wildman–Crippen LogP) is 15.8. The first-order chi connectivity index (χ1) is 32.1. The smallest absolute Gasteiger partial charge is 0.164 e. The molecule has 0 N–H and O–H groups in total. The van der Waals surface area contributed by atoms with Gasteiger partial charge in [0, 0.05) is 39.9 Å². The molecule has 0 amide bonds. The number of fused-ring (bicyclic) bond motifs is 7. The van der Waals surface area contributed by atoms with Crippen LogP contribution in [0.15, 0.2) is 223 Å². The third-order valence-electron chi connectivity index (χ3n) is 12.7. The standard InChI is InChI=1S/C60H36N4O/c1-3-10-41-28-49-30-45(21-19-43(49)26-39(41)8-1)51-32-52(46-22-20-44-27-40-9-2-4-11-42(40)29-50(44)31-46)34-53(33-51)60-63-58(38-17-15-37(16-18-38)48-12-7-25-61-36-48)62-59(64-60)47-23-24-57-55(35-47)54-13-5-6-14-56(54)65-57/h1-36H. The molecule has 65 heavy (non-hydrogen) atoms. The average molecular weight is 829 g/mol. The van der Waals surface area contributed by atoms with Crippen LogP contribution in [-0.4, -0.2) is 19.9 Å². The molecule has 5 nitrogen and oxygen atoms in total. The molecule has 13 aromatic rings. The van der Waals surface area contributed by atoms with Gasteiger partial charge in [-0.15, -0.1) is 0 Å². The number of nitrogens with zero attached hydrogens (tertiary/aromatic N) is 4. The van der Waals surface area contributed by atoms with Crippen LogP contribution in [0.3, 0.4) is 0 Å². The lowest BCUT2D eigenvalue weighted by Crippen LogP contribution is -2.00. The van der Waals surface area contributed by atoms with Crippen LogP contribution in [0.4, 0.5) is 0 Å². The summed E-state index contributed by atoms with van der Waals surface area (Å²) in [5, 5.41) is 11.7. The van der Waals surface area contributed by atoms with Crippen molar-refractivity contribution in [2.24, 2.45) is 0 Å². The highest BCUT2D eigenvalue weighted by atomic mass is 16.3. The van der Waals surface area contributed by atoms with E-state index in [2.05, 4.69) is 175 Å². The molecular formula is C60H36N4O. The van der Waals surface area contributed by atoms with E-state index in [1.165, 1.54) is 43.1 Å². The lowest BCUT2D eigenvalue weighted by molar-refractivity contribution is 0.669. The summed E-state index contributed by atoms with van der Waals surface area (Å²) in [6.45, 7) is 0. The number of benzene rings is 10. The van der Waals surface area contributed by atoms with Crippen molar-refractivity contribution in [3.8, 4) is 67.5 Å². The van der Waals surface area contributed by atoms with E-state index < -0.39 is 0 Å². The predicted molar refractivity (Wildman–Crippen MR) is 268 cm³/mol. The Morgan fingerprint density at radius 1 is 0.262 bits per heavy atom. The molecule has 0 aliphatic rings. The highest BCUT2D eigenvalue weighted by Crippen LogP contribution is 2.38. The van der Waals surface area contributed by atoms with E-state index in [4.69, 9.17) is 19.4 Å². The molecule has 0 saturated heterocycles. The van der Waals surface area contributed by atoms with Gasteiger partial charge in [-0.25, -0.2) is 15.0 Å². The molecule has 0 saturated carbocycles. The summed E-state index contributed by atoms with van der Waals surface area (Å²) in [5.74, 6) is 1.75. The third kappa shape index (κ3) is 6.66. The number of para-hydroxylation sites is 1. The number of rotatable bonds is 6. The van der Waals surface area contributed by atoms with Crippen LogP contribution in [-0.2, 0) is 0 Å². The van der Waals surface area contributed by atoms with Gasteiger partial charge in [0.2, 0.25) is 0 Å². The van der Waals surface area contributed by atoms with Crippen molar-refractivity contribution < 1.29 is 4.42 Å². The third-order valence-corrected chi connectivity index (χ3v) is 12.7. The second-order valence-corrected chi connectivity index (χ2v) is 16.8. The fourth-order valence-corrected chi connectivity index (χ4v) is 9.30. The van der Waals surface area contributed by atoms with E-state index in [1.807, 2.05) is 42.6 Å². The fraction of sp³-hybridized carbons (Fsp3) is 0. The second-order valence-electron chi connectivity index (χ2n) is 16.8. The Hall–Kier alpha value is -8.80. The van der Waals surface area contributed by atoms with Gasteiger partial charge in [-0.3, -0.25) is 4.98 Å². The van der Waals surface area contributed by atoms with Crippen LogP contribution in [0.1, 0.15) is 0 Å². The van der Waals surface area contributed by atoms with Gasteiger partial charge in [0.1, 0.15) is 11.2 Å². The molecule has 0 unspecified atom stereocenters. The van der Waals surface area contributed by atoms with Gasteiger partial charge in [-0.05, 0) is 161 Å². The van der Waals surface area contributed by atoms with E-state index in [1.54, 1.807) is 6.20 Å². The molecule has 5 heteroatoms. The number of furan rings is 1. The Morgan fingerprint density at radius 3 is 1.35 bits per heavy atom. The lowest BCUT2D eigenvalue weighted by atomic mass is 9.92. The van der Waals surface area contributed by atoms with E-state index in [0.29, 0.717) is 17.5 Å². The van der Waals surface area contributed by atoms with E-state index in [-0.39, 0.29) is 0 Å². The Labute approximate surface area is 374 Å². The number of aromatic nitrogens is 4. The fourth-order valence-electron chi connectivity index (χ4n) is 9.30. The zero-order chi connectivity index (χ0) is 42.8. The summed E-state index contributed by atoms with van der Waals surface area (Å²) in [4.78, 5) is 20.1. The largest absolute Gasteiger partial charge is 0.456 e. The average Bonchev–Trinajstić information content (AvgIpc) is 3.75. The molecule has 0 spiro atoms. The number of pyridine rings is 1. The zero-order valence-electron chi connectivity index (χ0n) is 35.0. The monoisotopic (exact) mass is 828 g/mol. The topological polar surface area (TPSA) is 64.7 Å². The molecule has 0 fully saturated rings. The van der Waals surface area contributed by atoms with Gasteiger partial charge in [-0.1, -0.05) is 121 Å². The first kappa shape index (κ1) is 36.8. The highest BCUT2D eigenvalue weighted by Gasteiger charge is 2.17. The highest BCUT2D eigenvalue weighted by molar-refractivity contribution is 6.06. The first-order valence-corrected chi connectivity index (χ1v) is 21.8. The molecule has 0 aliphatic heterocycles. The van der Waals surface area contributed by atoms with Crippen LogP contribution >= 0.6 is 0 Å². The molecular weight excluding hydrogens is 793 g/mol. The molecule has 10 aromatic carbocycles. The van der Waals surface area contributed by atoms with Crippen molar-refractivity contribution in [3.63, 3.8) is 0 Å². The van der Waals surface area contributed by atoms with Crippen molar-refractivity contribution in [1.82, 2.24) is 19.9 Å². The number of hydrogen-bond acceptors (Lipinski definition) is 5. The Balaban J connectivity index is 1.02. The van der Waals surface area contributed by atoms with Crippen LogP contribution in [0.25, 0.3) is 133 Å². The lowest BCUT2D eigenvalue weighted by Gasteiger charge is -2.14. The molecule has 13 rings (SSSR count). The van der Waals surface area contributed by atoms with Gasteiger partial charge >= 0.3 is 0 Å². The molecule has 0 atom stereocenters. The van der Waals surface area contributed by atoms with Crippen molar-refractivity contribution in [2.45, 2.75) is 0 Å². The summed E-state index contributed by atoms with van der Waals surface area (Å²) < 4.78 is 6.23. The maximum atomic E-state index is 6.23. The zero-order valence-corrected chi connectivity index (χ0v) is 35.0. The molecule has 3 heterocycles. The van der Waals surface area contributed by atoms with Crippen LogP contribution in [0.5, 0.6) is 0 Å². The van der Waals surface area contributed by atoms with E-state index >= 15 is 0 Å². The molecule has 3 aromatic heterocycles. The number of hydrogen-bond donors (Lipinski definition) is 0. The quantitative estimate of drug-likeness (QED) is 0.156. The van der Waals surface area contributed by atoms with Gasteiger partial charge in [0.25, 0.3) is 0 Å². The first-order valence-electron chi connectivity index (χ1n) is 21.8. The van der Waals surface area contributed by atoms with E-state index in [9.17, 15) is 0 Å². The maximum Gasteiger partial charge on any atom is 0.164 e. The second kappa shape index (κ2) is 14.9. The molecule has 302 valence electrons. The maximum absolute atomic E-state index is 6.23. The molecule has 0 bridgehead atoms. The summed E-state index contributed by atoms with van der Waals surface area (Å²) in [6, 6.07) is 73.2. The minimum Gasteiger partial charge on any atom is -0.456 e. The molecule has 0 aliphatic carbocycles. The molecule has 0 radical (unpaired) electrons. The van der Waals surface area contributed by atoms with Gasteiger partial charge in [-0.2, -0.15) is 0 Å². The normalized spacial score (nSPS) is 11.7. The summed E-state index contributed by atoms with van der Waals surface area (Å²) in [5.41, 5.74) is 10.8. The van der Waals surface area contributed by atoms with Crippen molar-refractivity contribution >= 4 is 65.0 Å². The summed E-state index contributed by atoms with van der Waals surface area (Å²) in [6.07, 6.45) is 3.67. The van der Waals surface area contributed by atoms with Crippen molar-refractivity contribution in [2.75, 3.05) is 0 Å². The van der Waals surface area contributed by atoms with Crippen LogP contribution in [0, 0.1) is 0 Å². The Morgan fingerprint density at radius 2 is 0.738 bits per heavy atom. The SMILES string of the molecule is c1cncc(-c2ccc(-c3nc(-c4cc(-c5ccc6cc7ccccc7cc6c5)cc(-c5ccc6cc7ccccc7cc6c5)c4)nc(-c4ccc5oc6ccccc6c5c4)n3)cc2)c1. The van der Waals surface area contributed by atoms with E-state index in [0.717, 1.165) is 72.0 Å². The minimum absolute atomic E-state index is 0.579. The Bertz CT molecular complexity index is 3870. The summed E-state index contributed by atoms with van der Waals surface area (Å²) in [7, 11) is 0. The van der Waals surface area contributed by atoms with Crippen LogP contribution < -0.4 is 0 Å². The van der Waals surface area contributed by atoms with Gasteiger partial charge < -0.3 is 4.42 Å². The Kier molecular flexibility index (Phi) is 8.46. The van der Waals surface area contributed by atoms with Crippen LogP contribution in [0.2, 0.25) is 0 Å². The van der Waals surface area contributed by atoms with Crippen molar-refractivity contribution in [3.05, 3.63) is 219 Å². The summed E-state index contributed by atoms with van der Waals surface area (Å²) >= 11 is 0.